The maximum Gasteiger partial charge on any atom is 0.166 e. The molecule has 0 aliphatic heterocycles. The van der Waals surface area contributed by atoms with Gasteiger partial charge in [-0.05, 0) is 12.2 Å². The minimum atomic E-state index is -0.757. The van der Waals surface area contributed by atoms with Crippen LogP contribution in [0.15, 0.2) is 0 Å². The van der Waals surface area contributed by atoms with Gasteiger partial charge in [-0.3, -0.25) is 0 Å². The molecule has 0 radical (unpaired) electrons. The SMILES string of the molecule is N#CC(NC(N)=S)C(N)=S. The van der Waals surface area contributed by atoms with E-state index in [2.05, 4.69) is 29.8 Å². The molecule has 0 heterocycles. The van der Waals surface area contributed by atoms with Crippen LogP contribution >= 0.6 is 24.4 Å². The summed E-state index contributed by atoms with van der Waals surface area (Å²) in [4.78, 5) is 0.0373. The Hall–Kier alpha value is -0.930. The van der Waals surface area contributed by atoms with Gasteiger partial charge in [0.15, 0.2) is 11.2 Å². The van der Waals surface area contributed by atoms with Crippen molar-refractivity contribution in [2.45, 2.75) is 6.04 Å². The van der Waals surface area contributed by atoms with Gasteiger partial charge in [0, 0.05) is 0 Å². The number of nitrogens with zero attached hydrogens (tertiary/aromatic N) is 1. The van der Waals surface area contributed by atoms with Crippen molar-refractivity contribution in [3.05, 3.63) is 0 Å². The first-order chi connectivity index (χ1) is 4.57. The molecule has 0 fully saturated rings. The first-order valence-corrected chi connectivity index (χ1v) is 3.14. The molecule has 0 spiro atoms. The molecule has 0 aliphatic rings. The second-order valence-corrected chi connectivity index (χ2v) is 2.38. The van der Waals surface area contributed by atoms with Crippen molar-refractivity contribution in [2.24, 2.45) is 11.5 Å². The summed E-state index contributed by atoms with van der Waals surface area (Å²) in [6.07, 6.45) is 0. The van der Waals surface area contributed by atoms with Crippen molar-refractivity contribution in [1.82, 2.24) is 5.32 Å². The number of nitrogens with two attached hydrogens (primary N) is 2. The summed E-state index contributed by atoms with van der Waals surface area (Å²) in [6, 6.07) is 1.03. The van der Waals surface area contributed by atoms with Crippen molar-refractivity contribution in [1.29, 1.82) is 5.26 Å². The lowest BCUT2D eigenvalue weighted by molar-refractivity contribution is 0.942. The molecule has 0 aromatic rings. The van der Waals surface area contributed by atoms with Crippen LogP contribution in [0.2, 0.25) is 0 Å². The second-order valence-electron chi connectivity index (χ2n) is 1.47. The van der Waals surface area contributed by atoms with Gasteiger partial charge >= 0.3 is 0 Å². The summed E-state index contributed by atoms with van der Waals surface area (Å²) in [6.45, 7) is 0. The molecule has 0 aliphatic carbocycles. The van der Waals surface area contributed by atoms with Crippen molar-refractivity contribution in [3.8, 4) is 6.07 Å². The quantitative estimate of drug-likeness (QED) is 0.465. The highest BCUT2D eigenvalue weighted by Gasteiger charge is 2.08. The van der Waals surface area contributed by atoms with Crippen LogP contribution in [-0.4, -0.2) is 16.1 Å². The summed E-state index contributed by atoms with van der Waals surface area (Å²) in [5.74, 6) is 0. The fourth-order valence-electron chi connectivity index (χ4n) is 0.309. The molecule has 0 saturated carbocycles. The van der Waals surface area contributed by atoms with E-state index in [1.807, 2.05) is 0 Å². The fourth-order valence-corrected chi connectivity index (χ4v) is 0.539. The molecule has 0 bridgehead atoms. The Morgan fingerprint density at radius 2 is 2.00 bits per heavy atom. The van der Waals surface area contributed by atoms with Crippen molar-refractivity contribution in [3.63, 3.8) is 0 Å². The predicted molar refractivity (Wildman–Crippen MR) is 46.1 cm³/mol. The topological polar surface area (TPSA) is 87.9 Å². The van der Waals surface area contributed by atoms with Crippen LogP contribution in [0.3, 0.4) is 0 Å². The summed E-state index contributed by atoms with van der Waals surface area (Å²) in [7, 11) is 0. The van der Waals surface area contributed by atoms with E-state index in [1.54, 1.807) is 6.07 Å². The zero-order chi connectivity index (χ0) is 8.15. The summed E-state index contributed by atoms with van der Waals surface area (Å²) < 4.78 is 0. The number of thiocarbonyl (C=S) groups is 2. The molecule has 0 aromatic carbocycles. The highest BCUT2D eigenvalue weighted by molar-refractivity contribution is 7.80. The van der Waals surface area contributed by atoms with Crippen LogP contribution in [0.5, 0.6) is 0 Å². The lowest BCUT2D eigenvalue weighted by Crippen LogP contribution is -2.44. The Bertz CT molecular complexity index is 194. The lowest BCUT2D eigenvalue weighted by atomic mass is 10.3. The van der Waals surface area contributed by atoms with Crippen molar-refractivity contribution in [2.75, 3.05) is 0 Å². The normalized spacial score (nSPS) is 11.1. The molecule has 10 heavy (non-hydrogen) atoms. The molecular formula is C4H6N4S2. The highest BCUT2D eigenvalue weighted by atomic mass is 32.1. The summed E-state index contributed by atoms with van der Waals surface area (Å²) >= 11 is 8.97. The third kappa shape index (κ3) is 3.17. The monoisotopic (exact) mass is 174 g/mol. The first kappa shape index (κ1) is 9.07. The fraction of sp³-hybridized carbons (Fsp3) is 0.250. The van der Waals surface area contributed by atoms with Gasteiger partial charge in [-0.15, -0.1) is 0 Å². The molecule has 4 nitrogen and oxygen atoms in total. The largest absolute Gasteiger partial charge is 0.391 e. The van der Waals surface area contributed by atoms with Gasteiger partial charge in [-0.1, -0.05) is 12.2 Å². The number of hydrogen-bond donors (Lipinski definition) is 3. The molecule has 6 heteroatoms. The van der Waals surface area contributed by atoms with E-state index in [4.69, 9.17) is 16.7 Å². The average molecular weight is 174 g/mol. The molecule has 54 valence electrons. The molecule has 5 N–H and O–H groups in total. The number of hydrogen-bond acceptors (Lipinski definition) is 3. The van der Waals surface area contributed by atoms with Crippen LogP contribution < -0.4 is 16.8 Å². The summed E-state index contributed by atoms with van der Waals surface area (Å²) in [5, 5.41) is 10.8. The third-order valence-electron chi connectivity index (χ3n) is 0.700. The van der Waals surface area contributed by atoms with Crippen molar-refractivity contribution >= 4 is 34.5 Å². The van der Waals surface area contributed by atoms with Gasteiger partial charge in [-0.25, -0.2) is 0 Å². The molecular weight excluding hydrogens is 168 g/mol. The van der Waals surface area contributed by atoms with Gasteiger partial charge in [0.25, 0.3) is 0 Å². The van der Waals surface area contributed by atoms with E-state index < -0.39 is 6.04 Å². The van der Waals surface area contributed by atoms with E-state index in [9.17, 15) is 0 Å². The van der Waals surface area contributed by atoms with Crippen LogP contribution in [0, 0.1) is 11.3 Å². The zero-order valence-electron chi connectivity index (χ0n) is 5.00. The highest BCUT2D eigenvalue weighted by Crippen LogP contribution is 1.79. The van der Waals surface area contributed by atoms with Gasteiger partial charge in [0.2, 0.25) is 0 Å². The molecule has 0 saturated heterocycles. The molecule has 1 unspecified atom stereocenters. The van der Waals surface area contributed by atoms with Crippen LogP contribution in [0.1, 0.15) is 0 Å². The smallest absolute Gasteiger partial charge is 0.166 e. The van der Waals surface area contributed by atoms with Crippen LogP contribution in [0.25, 0.3) is 0 Å². The second kappa shape index (κ2) is 3.98. The van der Waals surface area contributed by atoms with E-state index in [-0.39, 0.29) is 10.1 Å². The number of nitrogens with one attached hydrogen (secondary N) is 1. The number of rotatable bonds is 2. The Morgan fingerprint density at radius 1 is 1.50 bits per heavy atom. The minimum Gasteiger partial charge on any atom is -0.391 e. The minimum absolute atomic E-state index is 0.0133. The Morgan fingerprint density at radius 3 is 2.10 bits per heavy atom. The molecule has 0 aromatic heterocycles. The van der Waals surface area contributed by atoms with E-state index >= 15 is 0 Å². The number of nitriles is 1. The lowest BCUT2D eigenvalue weighted by Gasteiger charge is -2.07. The Balaban J connectivity index is 4.00. The van der Waals surface area contributed by atoms with Crippen LogP contribution in [0.4, 0.5) is 0 Å². The standard InChI is InChI=1S/C4H6N4S2/c5-1-2(3(6)9)8-4(7)10/h2H,(H2,6,9)(H3,7,8,10). The predicted octanol–water partition coefficient (Wildman–Crippen LogP) is -1.00. The van der Waals surface area contributed by atoms with Gasteiger partial charge < -0.3 is 16.8 Å². The van der Waals surface area contributed by atoms with E-state index in [0.29, 0.717) is 0 Å². The van der Waals surface area contributed by atoms with Gasteiger partial charge in [-0.2, -0.15) is 5.26 Å². The summed E-state index contributed by atoms with van der Waals surface area (Å²) in [5.41, 5.74) is 10.2. The maximum atomic E-state index is 8.35. The van der Waals surface area contributed by atoms with Crippen molar-refractivity contribution < 1.29 is 0 Å². The maximum absolute atomic E-state index is 8.35. The zero-order valence-corrected chi connectivity index (χ0v) is 6.63. The first-order valence-electron chi connectivity index (χ1n) is 2.33. The molecule has 0 amide bonds. The van der Waals surface area contributed by atoms with E-state index in [1.165, 1.54) is 0 Å². The Kier molecular flexibility index (Phi) is 3.61. The molecule has 1 atom stereocenters. The third-order valence-corrected chi connectivity index (χ3v) is 1.05. The van der Waals surface area contributed by atoms with Gasteiger partial charge in [0.05, 0.1) is 6.07 Å². The van der Waals surface area contributed by atoms with Crippen LogP contribution in [-0.2, 0) is 0 Å². The van der Waals surface area contributed by atoms with Gasteiger partial charge in [0.1, 0.15) is 4.99 Å². The Labute approximate surface area is 69.2 Å². The van der Waals surface area contributed by atoms with E-state index in [0.717, 1.165) is 0 Å². The molecule has 0 rings (SSSR count). The average Bonchev–Trinajstić information content (AvgIpc) is 1.81.